The number of aromatic hydroxyl groups is 2. The van der Waals surface area contributed by atoms with Gasteiger partial charge in [-0.15, -0.1) is 0 Å². The summed E-state index contributed by atoms with van der Waals surface area (Å²) in [7, 11) is 0. The largest absolute Gasteiger partial charge is 0.506 e. The number of benzene rings is 1. The van der Waals surface area contributed by atoms with E-state index in [0.717, 1.165) is 36.8 Å². The summed E-state index contributed by atoms with van der Waals surface area (Å²) < 4.78 is 1.35. The van der Waals surface area contributed by atoms with Crippen LogP contribution in [0.1, 0.15) is 57.1 Å². The van der Waals surface area contributed by atoms with Crippen molar-refractivity contribution in [1.82, 2.24) is 0 Å². The fraction of sp³-hybridized carbons (Fsp3) is 0.474. The highest BCUT2D eigenvalue weighted by atomic mass is 79.9. The van der Waals surface area contributed by atoms with Crippen LogP contribution in [0.25, 0.3) is 0 Å². The Morgan fingerprint density at radius 3 is 2.30 bits per heavy atom. The number of hydrogen-bond acceptors (Lipinski definition) is 2. The molecule has 0 radical (unpaired) electrons. The van der Waals surface area contributed by atoms with Gasteiger partial charge < -0.3 is 10.2 Å². The molecule has 0 aromatic heterocycles. The fourth-order valence-corrected chi connectivity index (χ4v) is 4.91. The van der Waals surface area contributed by atoms with E-state index in [1.807, 2.05) is 6.92 Å². The van der Waals surface area contributed by atoms with Crippen molar-refractivity contribution >= 4 is 31.9 Å². The number of hydrogen-bond donors (Lipinski definition) is 2. The second-order valence-corrected chi connectivity index (χ2v) is 8.08. The number of rotatable bonds is 4. The molecule has 2 N–H and O–H groups in total. The summed E-state index contributed by atoms with van der Waals surface area (Å²) in [5.41, 5.74) is 3.88. The van der Waals surface area contributed by atoms with E-state index >= 15 is 0 Å². The lowest BCUT2D eigenvalue weighted by Gasteiger charge is -2.32. The molecule has 0 aliphatic heterocycles. The normalized spacial score (nSPS) is 21.2. The van der Waals surface area contributed by atoms with Crippen LogP contribution in [0.3, 0.4) is 0 Å². The molecule has 0 spiro atoms. The van der Waals surface area contributed by atoms with Crippen molar-refractivity contribution < 1.29 is 10.2 Å². The van der Waals surface area contributed by atoms with Gasteiger partial charge in [0.1, 0.15) is 11.5 Å². The lowest BCUT2D eigenvalue weighted by atomic mass is 9.73. The zero-order valence-electron chi connectivity index (χ0n) is 13.9. The Bertz CT molecular complexity index is 633. The summed E-state index contributed by atoms with van der Waals surface area (Å²) in [6.45, 7) is 10.3. The molecule has 126 valence electrons. The molecule has 0 fully saturated rings. The molecule has 1 aromatic rings. The highest BCUT2D eigenvalue weighted by Crippen LogP contribution is 2.52. The zero-order chi connectivity index (χ0) is 17.3. The average Bonchev–Trinajstić information content (AvgIpc) is 2.49. The Morgan fingerprint density at radius 1 is 1.26 bits per heavy atom. The first-order valence-corrected chi connectivity index (χ1v) is 9.62. The Balaban J connectivity index is 2.66. The number of phenols is 2. The van der Waals surface area contributed by atoms with Crippen LogP contribution in [0.5, 0.6) is 11.5 Å². The average molecular weight is 444 g/mol. The van der Waals surface area contributed by atoms with Crippen molar-refractivity contribution in [3.8, 4) is 11.5 Å². The number of halogens is 2. The SMILES string of the molecule is C=C(C)C1CCC(C)=C[C@H]1c1c(O)c(Br)c(CCC)c(Br)c1O. The maximum atomic E-state index is 10.8. The van der Waals surface area contributed by atoms with Crippen molar-refractivity contribution in [3.63, 3.8) is 0 Å². The quantitative estimate of drug-likeness (QED) is 0.515. The standard InChI is InChI=1S/C19H24Br2O2/c1-5-6-13-16(20)18(22)15(19(23)17(13)21)14-9-11(4)7-8-12(14)10(2)3/h9,12,14,22-23H,2,5-8H2,1,3-4H3/t12?,14-/m1/s1. The first-order valence-electron chi connectivity index (χ1n) is 8.03. The van der Waals surface area contributed by atoms with Gasteiger partial charge in [-0.25, -0.2) is 0 Å². The van der Waals surface area contributed by atoms with E-state index in [9.17, 15) is 10.2 Å². The molecule has 0 bridgehead atoms. The molecule has 4 heteroatoms. The van der Waals surface area contributed by atoms with Gasteiger partial charge in [0.05, 0.1) is 8.95 Å². The Kier molecular flexibility index (Phi) is 6.01. The van der Waals surface area contributed by atoms with Crippen LogP contribution in [-0.4, -0.2) is 10.2 Å². The molecule has 0 amide bonds. The van der Waals surface area contributed by atoms with E-state index in [0.29, 0.717) is 14.5 Å². The summed E-state index contributed by atoms with van der Waals surface area (Å²) in [4.78, 5) is 0. The Hall–Kier alpha value is -0.740. The fourth-order valence-electron chi connectivity index (χ4n) is 3.42. The van der Waals surface area contributed by atoms with Gasteiger partial charge in [0, 0.05) is 11.5 Å². The summed E-state index contributed by atoms with van der Waals surface area (Å²) in [5.74, 6) is 0.476. The van der Waals surface area contributed by atoms with Crippen molar-refractivity contribution in [3.05, 3.63) is 43.9 Å². The minimum atomic E-state index is -0.0514. The first-order chi connectivity index (χ1) is 10.8. The van der Waals surface area contributed by atoms with Crippen LogP contribution in [0.15, 0.2) is 32.7 Å². The van der Waals surface area contributed by atoms with Gasteiger partial charge >= 0.3 is 0 Å². The molecule has 1 aromatic carbocycles. The summed E-state index contributed by atoms with van der Waals surface area (Å²) in [5, 5.41) is 21.5. The van der Waals surface area contributed by atoms with Crippen LogP contribution < -0.4 is 0 Å². The van der Waals surface area contributed by atoms with Gasteiger partial charge in [0.15, 0.2) is 0 Å². The maximum absolute atomic E-state index is 10.8. The van der Waals surface area contributed by atoms with Crippen molar-refractivity contribution in [2.24, 2.45) is 5.92 Å². The third-order valence-electron chi connectivity index (χ3n) is 4.67. The van der Waals surface area contributed by atoms with E-state index in [4.69, 9.17) is 0 Å². The number of allylic oxidation sites excluding steroid dienone is 3. The van der Waals surface area contributed by atoms with Gasteiger partial charge in [-0.1, -0.05) is 37.1 Å². The van der Waals surface area contributed by atoms with Crippen LogP contribution in [-0.2, 0) is 6.42 Å². The minimum Gasteiger partial charge on any atom is -0.506 e. The smallest absolute Gasteiger partial charge is 0.137 e. The maximum Gasteiger partial charge on any atom is 0.137 e. The molecular formula is C19H24Br2O2. The molecule has 0 saturated carbocycles. The summed E-state index contributed by atoms with van der Waals surface area (Å²) >= 11 is 7.04. The van der Waals surface area contributed by atoms with Gasteiger partial charge in [0.2, 0.25) is 0 Å². The van der Waals surface area contributed by atoms with Crippen molar-refractivity contribution in [2.75, 3.05) is 0 Å². The zero-order valence-corrected chi connectivity index (χ0v) is 17.1. The highest BCUT2D eigenvalue weighted by Gasteiger charge is 2.32. The van der Waals surface area contributed by atoms with Crippen molar-refractivity contribution in [2.45, 2.75) is 52.4 Å². The molecule has 0 saturated heterocycles. The Morgan fingerprint density at radius 2 is 1.83 bits per heavy atom. The predicted molar refractivity (Wildman–Crippen MR) is 103 cm³/mol. The third-order valence-corrected chi connectivity index (χ3v) is 6.38. The van der Waals surface area contributed by atoms with Crippen LogP contribution >= 0.6 is 31.9 Å². The molecule has 1 aliphatic carbocycles. The molecule has 1 unspecified atom stereocenters. The second kappa shape index (κ2) is 7.43. The van der Waals surface area contributed by atoms with Gasteiger partial charge in [0.25, 0.3) is 0 Å². The van der Waals surface area contributed by atoms with Gasteiger partial charge in [-0.3, -0.25) is 0 Å². The molecule has 0 heterocycles. The van der Waals surface area contributed by atoms with Gasteiger partial charge in [-0.2, -0.15) is 0 Å². The lowest BCUT2D eigenvalue weighted by Crippen LogP contribution is -2.17. The molecule has 23 heavy (non-hydrogen) atoms. The van der Waals surface area contributed by atoms with Crippen LogP contribution in [0.4, 0.5) is 0 Å². The summed E-state index contributed by atoms with van der Waals surface area (Å²) in [6, 6.07) is 0. The highest BCUT2D eigenvalue weighted by molar-refractivity contribution is 9.11. The van der Waals surface area contributed by atoms with E-state index in [2.05, 4.69) is 58.4 Å². The second-order valence-electron chi connectivity index (χ2n) is 6.50. The Labute approximate surface area is 155 Å². The summed E-state index contributed by atoms with van der Waals surface area (Å²) in [6.07, 6.45) is 5.91. The molecule has 2 rings (SSSR count). The van der Waals surface area contributed by atoms with Crippen LogP contribution in [0.2, 0.25) is 0 Å². The van der Waals surface area contributed by atoms with E-state index in [1.54, 1.807) is 0 Å². The molecular weight excluding hydrogens is 420 g/mol. The monoisotopic (exact) mass is 442 g/mol. The molecule has 2 atom stereocenters. The van der Waals surface area contributed by atoms with Crippen molar-refractivity contribution in [1.29, 1.82) is 0 Å². The number of phenolic OH excluding ortho intramolecular Hbond substituents is 2. The van der Waals surface area contributed by atoms with E-state index < -0.39 is 0 Å². The third kappa shape index (κ3) is 3.53. The molecule has 1 aliphatic rings. The lowest BCUT2D eigenvalue weighted by molar-refractivity contribution is 0.402. The van der Waals surface area contributed by atoms with Gasteiger partial charge in [-0.05, 0) is 76.5 Å². The van der Waals surface area contributed by atoms with E-state index in [1.165, 1.54) is 5.57 Å². The topological polar surface area (TPSA) is 40.5 Å². The molecule has 2 nitrogen and oxygen atoms in total. The van der Waals surface area contributed by atoms with E-state index in [-0.39, 0.29) is 23.3 Å². The minimum absolute atomic E-state index is 0.0514. The first kappa shape index (κ1) is 18.6. The predicted octanol–water partition coefficient (Wildman–Crippen LogP) is 6.59. The van der Waals surface area contributed by atoms with Crippen LogP contribution in [0, 0.1) is 5.92 Å².